The van der Waals surface area contributed by atoms with Crippen LogP contribution in [0, 0.1) is 0 Å². The van der Waals surface area contributed by atoms with E-state index in [0.717, 1.165) is 23.9 Å². The lowest BCUT2D eigenvalue weighted by Crippen LogP contribution is -2.06. The molecule has 0 aliphatic heterocycles. The minimum Gasteiger partial charge on any atom is -0.384 e. The highest BCUT2D eigenvalue weighted by Crippen LogP contribution is 2.29. The lowest BCUT2D eigenvalue weighted by molar-refractivity contribution is -0.137. The largest absolute Gasteiger partial charge is 0.416 e. The van der Waals surface area contributed by atoms with Crippen molar-refractivity contribution < 1.29 is 13.2 Å². The fourth-order valence-corrected chi connectivity index (χ4v) is 1.50. The zero-order valence-corrected chi connectivity index (χ0v) is 11.3. The van der Waals surface area contributed by atoms with Gasteiger partial charge in [-0.05, 0) is 23.8 Å². The molecule has 0 aliphatic carbocycles. The Hall–Kier alpha value is -2.11. The zero-order chi connectivity index (χ0) is 15.2. The molecular formula is C14H16F3N3. The molecule has 0 saturated heterocycles. The highest BCUT2D eigenvalue weighted by molar-refractivity contribution is 5.31. The average Bonchev–Trinajstić information content (AvgIpc) is 2.43. The van der Waals surface area contributed by atoms with Crippen molar-refractivity contribution in [2.45, 2.75) is 26.4 Å². The third-order valence-electron chi connectivity index (χ3n) is 2.38. The molecule has 0 aromatic carbocycles. The zero-order valence-electron chi connectivity index (χ0n) is 11.3. The molecule has 0 unspecified atom stereocenters. The molecule has 2 N–H and O–H groups in total. The van der Waals surface area contributed by atoms with Gasteiger partial charge in [0.15, 0.2) is 0 Å². The van der Waals surface area contributed by atoms with Crippen LogP contribution in [0.5, 0.6) is 0 Å². The quantitative estimate of drug-likeness (QED) is 0.914. The second-order valence-corrected chi connectivity index (χ2v) is 3.80. The Morgan fingerprint density at radius 2 is 1.80 bits per heavy atom. The first-order chi connectivity index (χ1) is 9.45. The van der Waals surface area contributed by atoms with Gasteiger partial charge in [0.1, 0.15) is 5.82 Å². The molecule has 3 nitrogen and oxygen atoms in total. The van der Waals surface area contributed by atoms with E-state index in [1.165, 1.54) is 6.20 Å². The highest BCUT2D eigenvalue weighted by Gasteiger charge is 2.30. The number of halogens is 3. The van der Waals surface area contributed by atoms with Crippen LogP contribution in [0.2, 0.25) is 0 Å². The Morgan fingerprint density at radius 1 is 1.10 bits per heavy atom. The number of rotatable bonds is 2. The van der Waals surface area contributed by atoms with E-state index < -0.39 is 11.7 Å². The van der Waals surface area contributed by atoms with Gasteiger partial charge in [-0.3, -0.25) is 4.98 Å². The third kappa shape index (κ3) is 4.53. The minimum absolute atomic E-state index is 0.289. The van der Waals surface area contributed by atoms with Crippen molar-refractivity contribution in [2.75, 3.05) is 5.73 Å². The SMILES string of the molecule is CC.Nc1ccc(Cc2cc(C(F)(F)F)ccn2)cn1. The number of hydrogen-bond donors (Lipinski definition) is 1. The third-order valence-corrected chi connectivity index (χ3v) is 2.38. The maximum absolute atomic E-state index is 12.5. The second kappa shape index (κ2) is 6.88. The summed E-state index contributed by atoms with van der Waals surface area (Å²) in [5.41, 5.74) is 5.83. The van der Waals surface area contributed by atoms with E-state index in [1.807, 2.05) is 13.8 Å². The summed E-state index contributed by atoms with van der Waals surface area (Å²) in [6, 6.07) is 5.30. The molecule has 0 radical (unpaired) electrons. The average molecular weight is 283 g/mol. The molecular weight excluding hydrogens is 267 g/mol. The van der Waals surface area contributed by atoms with Gasteiger partial charge in [-0.25, -0.2) is 4.98 Å². The molecule has 2 rings (SSSR count). The molecule has 20 heavy (non-hydrogen) atoms. The van der Waals surface area contributed by atoms with Gasteiger partial charge in [0, 0.05) is 24.5 Å². The summed E-state index contributed by atoms with van der Waals surface area (Å²) < 4.78 is 37.5. The Morgan fingerprint density at radius 3 is 2.35 bits per heavy atom. The van der Waals surface area contributed by atoms with Crippen LogP contribution in [0.1, 0.15) is 30.7 Å². The Balaban J connectivity index is 0.000000956. The number of alkyl halides is 3. The smallest absolute Gasteiger partial charge is 0.384 e. The van der Waals surface area contributed by atoms with Crippen molar-refractivity contribution in [3.05, 3.63) is 53.5 Å². The number of nitrogen functional groups attached to an aromatic ring is 1. The van der Waals surface area contributed by atoms with Crippen LogP contribution in [0.15, 0.2) is 36.7 Å². The lowest BCUT2D eigenvalue weighted by atomic mass is 10.1. The van der Waals surface area contributed by atoms with Crippen molar-refractivity contribution in [1.29, 1.82) is 0 Å². The molecule has 6 heteroatoms. The molecule has 0 amide bonds. The molecule has 108 valence electrons. The molecule has 2 aromatic heterocycles. The van der Waals surface area contributed by atoms with E-state index in [4.69, 9.17) is 5.73 Å². The molecule has 2 heterocycles. The number of nitrogens with zero attached hydrogens (tertiary/aromatic N) is 2. The van der Waals surface area contributed by atoms with E-state index in [1.54, 1.807) is 12.1 Å². The number of aromatic nitrogens is 2. The van der Waals surface area contributed by atoms with E-state index in [9.17, 15) is 13.2 Å². The first-order valence-electron chi connectivity index (χ1n) is 6.18. The summed E-state index contributed by atoms with van der Waals surface area (Å²) in [4.78, 5) is 7.79. The summed E-state index contributed by atoms with van der Waals surface area (Å²) in [6.45, 7) is 4.00. The number of hydrogen-bond acceptors (Lipinski definition) is 3. The van der Waals surface area contributed by atoms with Crippen LogP contribution in [-0.2, 0) is 12.6 Å². The maximum atomic E-state index is 12.5. The molecule has 0 bridgehead atoms. The van der Waals surface area contributed by atoms with E-state index in [2.05, 4.69) is 9.97 Å². The van der Waals surface area contributed by atoms with Crippen molar-refractivity contribution in [2.24, 2.45) is 0 Å². The topological polar surface area (TPSA) is 51.8 Å². The summed E-state index contributed by atoms with van der Waals surface area (Å²) in [5, 5.41) is 0. The van der Waals surface area contributed by atoms with Crippen molar-refractivity contribution in [1.82, 2.24) is 9.97 Å². The van der Waals surface area contributed by atoms with Crippen molar-refractivity contribution in [3.63, 3.8) is 0 Å². The van der Waals surface area contributed by atoms with Crippen LogP contribution in [0.25, 0.3) is 0 Å². The van der Waals surface area contributed by atoms with Crippen LogP contribution >= 0.6 is 0 Å². The van der Waals surface area contributed by atoms with E-state index in [-0.39, 0.29) is 6.42 Å². The fraction of sp³-hybridized carbons (Fsp3) is 0.286. The van der Waals surface area contributed by atoms with Gasteiger partial charge in [-0.1, -0.05) is 19.9 Å². The summed E-state index contributed by atoms with van der Waals surface area (Å²) in [5.74, 6) is 0.371. The van der Waals surface area contributed by atoms with Gasteiger partial charge >= 0.3 is 6.18 Å². The predicted octanol–water partition coefficient (Wildman–Crippen LogP) is 3.69. The van der Waals surface area contributed by atoms with E-state index in [0.29, 0.717) is 11.5 Å². The van der Waals surface area contributed by atoms with Crippen LogP contribution in [-0.4, -0.2) is 9.97 Å². The predicted molar refractivity (Wildman–Crippen MR) is 72.0 cm³/mol. The first kappa shape index (κ1) is 15.9. The number of anilines is 1. The minimum atomic E-state index is -4.35. The van der Waals surface area contributed by atoms with Gasteiger partial charge in [0.25, 0.3) is 0 Å². The molecule has 0 spiro atoms. The summed E-state index contributed by atoms with van der Waals surface area (Å²) >= 11 is 0. The summed E-state index contributed by atoms with van der Waals surface area (Å²) in [7, 11) is 0. The maximum Gasteiger partial charge on any atom is 0.416 e. The Labute approximate surface area is 115 Å². The van der Waals surface area contributed by atoms with Crippen molar-refractivity contribution >= 4 is 5.82 Å². The Bertz CT molecular complexity index is 536. The van der Waals surface area contributed by atoms with Crippen LogP contribution in [0.4, 0.5) is 19.0 Å². The molecule has 0 saturated carbocycles. The highest BCUT2D eigenvalue weighted by atomic mass is 19.4. The monoisotopic (exact) mass is 283 g/mol. The number of nitrogens with two attached hydrogens (primary N) is 1. The second-order valence-electron chi connectivity index (χ2n) is 3.80. The number of pyridine rings is 2. The normalized spacial score (nSPS) is 10.7. The van der Waals surface area contributed by atoms with Gasteiger partial charge in [0.2, 0.25) is 0 Å². The molecule has 0 fully saturated rings. The molecule has 0 aliphatic rings. The fourth-order valence-electron chi connectivity index (χ4n) is 1.50. The lowest BCUT2D eigenvalue weighted by Gasteiger charge is -2.08. The Kier molecular flexibility index (Phi) is 5.49. The van der Waals surface area contributed by atoms with Gasteiger partial charge in [-0.2, -0.15) is 13.2 Å². The van der Waals surface area contributed by atoms with Crippen molar-refractivity contribution in [3.8, 4) is 0 Å². The first-order valence-corrected chi connectivity index (χ1v) is 6.18. The van der Waals surface area contributed by atoms with Gasteiger partial charge in [-0.15, -0.1) is 0 Å². The summed E-state index contributed by atoms with van der Waals surface area (Å²) in [6.07, 6.45) is -1.38. The van der Waals surface area contributed by atoms with E-state index >= 15 is 0 Å². The molecule has 2 aromatic rings. The standard InChI is InChI=1S/C12H10F3N3.C2H6/c13-12(14,15)9-3-4-17-10(6-9)5-8-1-2-11(16)18-7-8;1-2/h1-4,6-7H,5H2,(H2,16,18);1-2H3. The van der Waals surface area contributed by atoms with Crippen LogP contribution in [0.3, 0.4) is 0 Å². The van der Waals surface area contributed by atoms with Gasteiger partial charge in [0.05, 0.1) is 5.56 Å². The molecule has 0 atom stereocenters. The van der Waals surface area contributed by atoms with Gasteiger partial charge < -0.3 is 5.73 Å². The van der Waals surface area contributed by atoms with Crippen LogP contribution < -0.4 is 5.73 Å².